The molecule has 92 valence electrons. The van der Waals surface area contributed by atoms with Crippen molar-refractivity contribution in [3.8, 4) is 0 Å². The molecule has 0 aliphatic rings. The molecule has 2 rings (SSSR count). The summed E-state index contributed by atoms with van der Waals surface area (Å²) in [5.74, 6) is -0.165. The molecule has 0 radical (unpaired) electrons. The van der Waals surface area contributed by atoms with E-state index in [9.17, 15) is 4.79 Å². The SMILES string of the molecule is Cc1ccc(Br)cc1C(=O)Nc1ccccc1Cl. The van der Waals surface area contributed by atoms with Crippen LogP contribution < -0.4 is 5.32 Å². The van der Waals surface area contributed by atoms with Gasteiger partial charge in [0.2, 0.25) is 0 Å². The summed E-state index contributed by atoms with van der Waals surface area (Å²) in [6.07, 6.45) is 0. The first-order valence-corrected chi connectivity index (χ1v) is 6.57. The molecule has 4 heteroatoms. The van der Waals surface area contributed by atoms with Gasteiger partial charge < -0.3 is 5.32 Å². The lowest BCUT2D eigenvalue weighted by atomic mass is 10.1. The molecule has 18 heavy (non-hydrogen) atoms. The first kappa shape index (κ1) is 13.1. The summed E-state index contributed by atoms with van der Waals surface area (Å²) in [6, 6.07) is 12.8. The number of benzene rings is 2. The van der Waals surface area contributed by atoms with Gasteiger partial charge in [-0.2, -0.15) is 0 Å². The van der Waals surface area contributed by atoms with Crippen LogP contribution in [-0.4, -0.2) is 5.91 Å². The molecular weight excluding hydrogens is 314 g/mol. The molecule has 0 aromatic heterocycles. The molecule has 2 nitrogen and oxygen atoms in total. The van der Waals surface area contributed by atoms with Gasteiger partial charge in [-0.1, -0.05) is 45.7 Å². The molecule has 0 fully saturated rings. The summed E-state index contributed by atoms with van der Waals surface area (Å²) in [7, 11) is 0. The Morgan fingerprint density at radius 1 is 1.22 bits per heavy atom. The molecule has 2 aromatic rings. The average Bonchev–Trinajstić information content (AvgIpc) is 2.35. The van der Waals surface area contributed by atoms with Crippen molar-refractivity contribution in [3.63, 3.8) is 0 Å². The normalized spacial score (nSPS) is 10.2. The van der Waals surface area contributed by atoms with Gasteiger partial charge in [0.25, 0.3) is 5.91 Å². The van der Waals surface area contributed by atoms with Crippen LogP contribution in [0, 0.1) is 6.92 Å². The molecule has 0 aliphatic heterocycles. The van der Waals surface area contributed by atoms with Crippen LogP contribution in [0.2, 0.25) is 5.02 Å². The number of nitrogens with one attached hydrogen (secondary N) is 1. The molecule has 1 amide bonds. The van der Waals surface area contributed by atoms with Gasteiger partial charge in [0, 0.05) is 10.0 Å². The van der Waals surface area contributed by atoms with Crippen molar-refractivity contribution in [1.82, 2.24) is 0 Å². The largest absolute Gasteiger partial charge is 0.321 e. The Bertz CT molecular complexity index is 598. The van der Waals surface area contributed by atoms with Gasteiger partial charge in [-0.3, -0.25) is 4.79 Å². The molecule has 0 bridgehead atoms. The number of hydrogen-bond acceptors (Lipinski definition) is 1. The molecule has 0 heterocycles. The third kappa shape index (κ3) is 2.92. The van der Waals surface area contributed by atoms with E-state index in [2.05, 4.69) is 21.2 Å². The second-order valence-corrected chi connectivity index (χ2v) is 5.22. The van der Waals surface area contributed by atoms with Crippen molar-refractivity contribution >= 4 is 39.1 Å². The standard InChI is InChI=1S/C14H11BrClNO/c1-9-6-7-10(15)8-11(9)14(18)17-13-5-3-2-4-12(13)16/h2-8H,1H3,(H,17,18). The van der Waals surface area contributed by atoms with Crippen LogP contribution in [0.5, 0.6) is 0 Å². The Morgan fingerprint density at radius 2 is 1.94 bits per heavy atom. The maximum absolute atomic E-state index is 12.1. The Labute approximate surface area is 119 Å². The zero-order chi connectivity index (χ0) is 13.1. The fraction of sp³-hybridized carbons (Fsp3) is 0.0714. The van der Waals surface area contributed by atoms with Gasteiger partial charge >= 0.3 is 0 Å². The quantitative estimate of drug-likeness (QED) is 0.855. The van der Waals surface area contributed by atoms with E-state index in [0.29, 0.717) is 16.3 Å². The fourth-order valence-corrected chi connectivity index (χ4v) is 2.14. The van der Waals surface area contributed by atoms with Crippen LogP contribution in [0.3, 0.4) is 0 Å². The number of anilines is 1. The minimum absolute atomic E-state index is 0.165. The van der Waals surface area contributed by atoms with Crippen molar-refractivity contribution in [2.24, 2.45) is 0 Å². The Hall–Kier alpha value is -1.32. The van der Waals surface area contributed by atoms with E-state index in [1.54, 1.807) is 18.2 Å². The minimum Gasteiger partial charge on any atom is -0.321 e. The molecule has 0 spiro atoms. The maximum Gasteiger partial charge on any atom is 0.256 e. The van der Waals surface area contributed by atoms with E-state index in [-0.39, 0.29) is 5.91 Å². The molecule has 0 atom stereocenters. The lowest BCUT2D eigenvalue weighted by molar-refractivity contribution is 0.102. The van der Waals surface area contributed by atoms with E-state index in [1.165, 1.54) is 0 Å². The zero-order valence-corrected chi connectivity index (χ0v) is 12.0. The molecule has 0 aliphatic carbocycles. The van der Waals surface area contributed by atoms with Crippen LogP contribution in [-0.2, 0) is 0 Å². The lowest BCUT2D eigenvalue weighted by Gasteiger charge is -2.09. The molecule has 0 saturated heterocycles. The van der Waals surface area contributed by atoms with Gasteiger partial charge in [-0.05, 0) is 36.8 Å². The highest BCUT2D eigenvalue weighted by Crippen LogP contribution is 2.22. The molecular formula is C14H11BrClNO. The Morgan fingerprint density at radius 3 is 2.67 bits per heavy atom. The summed E-state index contributed by atoms with van der Waals surface area (Å²) < 4.78 is 0.873. The Kier molecular flexibility index (Phi) is 4.04. The van der Waals surface area contributed by atoms with E-state index in [4.69, 9.17) is 11.6 Å². The average molecular weight is 325 g/mol. The highest BCUT2D eigenvalue weighted by Gasteiger charge is 2.11. The topological polar surface area (TPSA) is 29.1 Å². The summed E-state index contributed by atoms with van der Waals surface area (Å²) in [5, 5.41) is 3.33. The number of aryl methyl sites for hydroxylation is 1. The van der Waals surface area contributed by atoms with E-state index in [1.807, 2.05) is 31.2 Å². The number of amides is 1. The first-order valence-electron chi connectivity index (χ1n) is 5.40. The van der Waals surface area contributed by atoms with Gasteiger partial charge in [-0.25, -0.2) is 0 Å². The monoisotopic (exact) mass is 323 g/mol. The third-order valence-corrected chi connectivity index (χ3v) is 3.39. The minimum atomic E-state index is -0.165. The van der Waals surface area contributed by atoms with Crippen molar-refractivity contribution in [3.05, 3.63) is 63.1 Å². The first-order chi connectivity index (χ1) is 8.58. The predicted octanol–water partition coefficient (Wildman–Crippen LogP) is 4.66. The van der Waals surface area contributed by atoms with Crippen molar-refractivity contribution < 1.29 is 4.79 Å². The number of rotatable bonds is 2. The molecule has 0 saturated carbocycles. The predicted molar refractivity (Wildman–Crippen MR) is 78.3 cm³/mol. The van der Waals surface area contributed by atoms with E-state index >= 15 is 0 Å². The van der Waals surface area contributed by atoms with Crippen LogP contribution in [0.25, 0.3) is 0 Å². The van der Waals surface area contributed by atoms with Gasteiger partial charge in [0.15, 0.2) is 0 Å². The summed E-state index contributed by atoms with van der Waals surface area (Å²) >= 11 is 9.36. The Balaban J connectivity index is 2.28. The second kappa shape index (κ2) is 5.55. The smallest absolute Gasteiger partial charge is 0.256 e. The van der Waals surface area contributed by atoms with Gasteiger partial charge in [-0.15, -0.1) is 0 Å². The highest BCUT2D eigenvalue weighted by atomic mass is 79.9. The number of carbonyl (C=O) groups excluding carboxylic acids is 1. The van der Waals surface area contributed by atoms with Crippen molar-refractivity contribution in [2.75, 3.05) is 5.32 Å². The summed E-state index contributed by atoms with van der Waals surface area (Å²) in [6.45, 7) is 1.90. The molecule has 0 unspecified atom stereocenters. The van der Waals surface area contributed by atoms with Crippen LogP contribution in [0.15, 0.2) is 46.9 Å². The van der Waals surface area contributed by atoms with Gasteiger partial charge in [0.05, 0.1) is 10.7 Å². The third-order valence-electron chi connectivity index (χ3n) is 2.57. The van der Waals surface area contributed by atoms with Gasteiger partial charge in [0.1, 0.15) is 0 Å². The highest BCUT2D eigenvalue weighted by molar-refractivity contribution is 9.10. The lowest BCUT2D eigenvalue weighted by Crippen LogP contribution is -2.13. The van der Waals surface area contributed by atoms with Crippen molar-refractivity contribution in [1.29, 1.82) is 0 Å². The van der Waals surface area contributed by atoms with E-state index < -0.39 is 0 Å². The van der Waals surface area contributed by atoms with Crippen LogP contribution in [0.1, 0.15) is 15.9 Å². The van der Waals surface area contributed by atoms with E-state index in [0.717, 1.165) is 10.0 Å². The fourth-order valence-electron chi connectivity index (χ4n) is 1.59. The molecule has 1 N–H and O–H groups in total. The zero-order valence-electron chi connectivity index (χ0n) is 9.71. The number of carbonyl (C=O) groups is 1. The summed E-state index contributed by atoms with van der Waals surface area (Å²) in [5.41, 5.74) is 2.16. The molecule has 2 aromatic carbocycles. The van der Waals surface area contributed by atoms with Crippen LogP contribution >= 0.6 is 27.5 Å². The number of hydrogen-bond donors (Lipinski definition) is 1. The van der Waals surface area contributed by atoms with Crippen LogP contribution in [0.4, 0.5) is 5.69 Å². The maximum atomic E-state index is 12.1. The number of halogens is 2. The second-order valence-electron chi connectivity index (χ2n) is 3.89. The summed E-state index contributed by atoms with van der Waals surface area (Å²) in [4.78, 5) is 12.1. The van der Waals surface area contributed by atoms with Crippen molar-refractivity contribution in [2.45, 2.75) is 6.92 Å². The number of para-hydroxylation sites is 1.